The largest absolute Gasteiger partial charge is 0.494 e. The molecule has 2 aromatic rings. The van der Waals surface area contributed by atoms with Crippen LogP contribution in [-0.2, 0) is 14.4 Å². The number of benzene rings is 2. The second kappa shape index (κ2) is 11.6. The number of likely N-dealkylation sites (tertiary alicyclic amines) is 1. The summed E-state index contributed by atoms with van der Waals surface area (Å²) in [5, 5.41) is 17.0. The van der Waals surface area contributed by atoms with Gasteiger partial charge in [0.1, 0.15) is 11.8 Å². The molecule has 1 saturated carbocycles. The van der Waals surface area contributed by atoms with Gasteiger partial charge in [-0.2, -0.15) is 0 Å². The van der Waals surface area contributed by atoms with Crippen LogP contribution in [0.1, 0.15) is 70.4 Å². The summed E-state index contributed by atoms with van der Waals surface area (Å²) >= 11 is 1.65. The Labute approximate surface area is 252 Å². The SMILES string of the molecule is CCOc1ccc(NC(=O)[C@@H]2[C@H]3C(=O)N([C@H](CO)c4ccccc4)C(C(=O)NC4CCCCC4)C34CC[C@@]2(C)S4)cc1. The van der Waals surface area contributed by atoms with Crippen LogP contribution in [0.15, 0.2) is 54.6 Å². The Kier molecular flexibility index (Phi) is 8.00. The maximum atomic E-state index is 14.6. The fourth-order valence-corrected chi connectivity index (χ4v) is 10.3. The fourth-order valence-electron chi connectivity index (χ4n) is 7.98. The summed E-state index contributed by atoms with van der Waals surface area (Å²) in [5.41, 5.74) is 1.42. The highest BCUT2D eigenvalue weighted by atomic mass is 32.2. The van der Waals surface area contributed by atoms with Gasteiger partial charge >= 0.3 is 0 Å². The smallest absolute Gasteiger partial charge is 0.244 e. The Hall–Kier alpha value is -3.04. The number of nitrogens with zero attached hydrogens (tertiary/aromatic N) is 1. The maximum absolute atomic E-state index is 14.6. The van der Waals surface area contributed by atoms with Gasteiger partial charge in [0.2, 0.25) is 17.7 Å². The predicted octanol–water partition coefficient (Wildman–Crippen LogP) is 4.69. The molecule has 224 valence electrons. The van der Waals surface area contributed by atoms with E-state index in [1.807, 2.05) is 61.5 Å². The van der Waals surface area contributed by atoms with E-state index in [9.17, 15) is 19.5 Å². The first-order chi connectivity index (χ1) is 20.3. The lowest BCUT2D eigenvalue weighted by atomic mass is 9.66. The number of carbonyl (C=O) groups excluding carboxylic acids is 3. The maximum Gasteiger partial charge on any atom is 0.244 e. The van der Waals surface area contributed by atoms with Crippen molar-refractivity contribution in [3.8, 4) is 5.75 Å². The minimum atomic E-state index is -0.774. The summed E-state index contributed by atoms with van der Waals surface area (Å²) in [6, 6.07) is 15.3. The van der Waals surface area contributed by atoms with Gasteiger partial charge in [0.05, 0.1) is 35.8 Å². The molecule has 3 heterocycles. The summed E-state index contributed by atoms with van der Waals surface area (Å²) in [5.74, 6) is -1.13. The number of hydrogen-bond acceptors (Lipinski definition) is 6. The summed E-state index contributed by atoms with van der Waals surface area (Å²) in [6.45, 7) is 4.24. The predicted molar refractivity (Wildman–Crippen MR) is 163 cm³/mol. The highest BCUT2D eigenvalue weighted by Gasteiger charge is 2.77. The molecule has 1 spiro atoms. The standard InChI is InChI=1S/C33H41N3O5S/c1-3-41-24-16-14-23(15-17-24)34-29(38)26-27-31(40)36(25(20-37)21-10-6-4-7-11-21)28(33(27)19-18-32(26,2)42-33)30(39)35-22-12-8-5-9-13-22/h4,6-7,10-11,14-17,22,25-28,37H,3,5,8-9,12-13,18-20H2,1-2H3,(H,34,38)(H,35,39)/t25-,26+,27+,28?,32-,33?/m1/s1. The molecule has 3 aliphatic heterocycles. The van der Waals surface area contributed by atoms with Gasteiger partial charge in [-0.05, 0) is 69.4 Å². The highest BCUT2D eigenvalue weighted by molar-refractivity contribution is 8.02. The molecule has 2 unspecified atom stereocenters. The van der Waals surface area contributed by atoms with E-state index in [0.717, 1.165) is 43.4 Å². The Morgan fingerprint density at radius 3 is 2.43 bits per heavy atom. The van der Waals surface area contributed by atoms with Crippen molar-refractivity contribution < 1.29 is 24.2 Å². The molecule has 4 aliphatic rings. The Balaban J connectivity index is 1.35. The zero-order valence-corrected chi connectivity index (χ0v) is 25.2. The first-order valence-electron chi connectivity index (χ1n) is 15.3. The van der Waals surface area contributed by atoms with Gasteiger partial charge < -0.3 is 25.4 Å². The minimum absolute atomic E-state index is 0.0842. The number of hydrogen-bond donors (Lipinski definition) is 3. The van der Waals surface area contributed by atoms with Crippen LogP contribution in [-0.4, -0.2) is 62.5 Å². The number of aliphatic hydroxyl groups is 1. The molecule has 2 aromatic carbocycles. The van der Waals surface area contributed by atoms with Crippen LogP contribution in [0.3, 0.4) is 0 Å². The van der Waals surface area contributed by atoms with Crippen molar-refractivity contribution in [1.29, 1.82) is 0 Å². The molecule has 0 radical (unpaired) electrons. The van der Waals surface area contributed by atoms with E-state index in [0.29, 0.717) is 18.7 Å². The molecular formula is C33H41N3O5S. The number of fused-ring (bicyclic) bond motifs is 1. The molecular weight excluding hydrogens is 550 g/mol. The second-order valence-electron chi connectivity index (χ2n) is 12.4. The van der Waals surface area contributed by atoms with Crippen LogP contribution in [0.25, 0.3) is 0 Å². The number of aliphatic hydroxyl groups excluding tert-OH is 1. The van der Waals surface area contributed by atoms with Crippen molar-refractivity contribution in [3.05, 3.63) is 60.2 Å². The normalized spacial score (nSPS) is 31.1. The van der Waals surface area contributed by atoms with Crippen molar-refractivity contribution in [2.75, 3.05) is 18.5 Å². The molecule has 0 aromatic heterocycles. The van der Waals surface area contributed by atoms with E-state index in [1.54, 1.807) is 16.7 Å². The van der Waals surface area contributed by atoms with Gasteiger partial charge in [0.15, 0.2) is 0 Å². The van der Waals surface area contributed by atoms with Crippen LogP contribution < -0.4 is 15.4 Å². The van der Waals surface area contributed by atoms with Crippen LogP contribution in [0.2, 0.25) is 0 Å². The lowest BCUT2D eigenvalue weighted by Gasteiger charge is -2.38. The molecule has 6 rings (SSSR count). The van der Waals surface area contributed by atoms with Crippen LogP contribution >= 0.6 is 11.8 Å². The quantitative estimate of drug-likeness (QED) is 0.391. The molecule has 9 heteroatoms. The lowest BCUT2D eigenvalue weighted by molar-refractivity contribution is -0.142. The van der Waals surface area contributed by atoms with Crippen molar-refractivity contribution in [1.82, 2.24) is 10.2 Å². The number of thioether (sulfide) groups is 1. The molecule has 42 heavy (non-hydrogen) atoms. The molecule has 3 saturated heterocycles. The van der Waals surface area contributed by atoms with Crippen LogP contribution in [0, 0.1) is 11.8 Å². The number of nitrogens with one attached hydrogen (secondary N) is 2. The monoisotopic (exact) mass is 591 g/mol. The number of anilines is 1. The Morgan fingerprint density at radius 2 is 1.76 bits per heavy atom. The molecule has 4 fully saturated rings. The Morgan fingerprint density at radius 1 is 1.05 bits per heavy atom. The number of carbonyl (C=O) groups is 3. The zero-order valence-electron chi connectivity index (χ0n) is 24.4. The molecule has 1 aliphatic carbocycles. The number of amides is 3. The molecule has 6 atom stereocenters. The van der Waals surface area contributed by atoms with Gasteiger partial charge in [-0.15, -0.1) is 11.8 Å². The summed E-state index contributed by atoms with van der Waals surface area (Å²) in [7, 11) is 0. The molecule has 3 N–H and O–H groups in total. The van der Waals surface area contributed by atoms with E-state index in [4.69, 9.17) is 4.74 Å². The Bertz CT molecular complexity index is 1320. The third-order valence-electron chi connectivity index (χ3n) is 9.82. The first-order valence-corrected chi connectivity index (χ1v) is 16.1. The topological polar surface area (TPSA) is 108 Å². The summed E-state index contributed by atoms with van der Waals surface area (Å²) in [6.07, 6.45) is 6.60. The third-order valence-corrected chi connectivity index (χ3v) is 11.8. The van der Waals surface area contributed by atoms with Crippen molar-refractivity contribution >= 4 is 35.2 Å². The van der Waals surface area contributed by atoms with Crippen molar-refractivity contribution in [3.63, 3.8) is 0 Å². The van der Waals surface area contributed by atoms with Crippen LogP contribution in [0.4, 0.5) is 5.69 Å². The van der Waals surface area contributed by atoms with Gasteiger partial charge in [-0.3, -0.25) is 14.4 Å². The lowest BCUT2D eigenvalue weighted by Crippen LogP contribution is -2.56. The molecule has 3 amide bonds. The first kappa shape index (κ1) is 29.1. The number of ether oxygens (including phenoxy) is 1. The van der Waals surface area contributed by atoms with E-state index < -0.39 is 33.4 Å². The van der Waals surface area contributed by atoms with Gasteiger partial charge in [-0.25, -0.2) is 0 Å². The average molecular weight is 592 g/mol. The van der Waals surface area contributed by atoms with Gasteiger partial charge in [-0.1, -0.05) is 49.6 Å². The van der Waals surface area contributed by atoms with Crippen molar-refractivity contribution in [2.45, 2.75) is 86.4 Å². The van der Waals surface area contributed by atoms with Crippen LogP contribution in [0.5, 0.6) is 5.75 Å². The summed E-state index contributed by atoms with van der Waals surface area (Å²) in [4.78, 5) is 44.6. The van der Waals surface area contributed by atoms with Gasteiger partial charge in [0, 0.05) is 16.5 Å². The molecule has 2 bridgehead atoms. The van der Waals surface area contributed by atoms with E-state index in [1.165, 1.54) is 6.42 Å². The van der Waals surface area contributed by atoms with Crippen molar-refractivity contribution in [2.24, 2.45) is 11.8 Å². The average Bonchev–Trinajstić information content (AvgIpc) is 3.56. The summed E-state index contributed by atoms with van der Waals surface area (Å²) < 4.78 is 4.32. The highest BCUT2D eigenvalue weighted by Crippen LogP contribution is 2.72. The minimum Gasteiger partial charge on any atom is -0.494 e. The van der Waals surface area contributed by atoms with E-state index in [2.05, 4.69) is 17.6 Å². The second-order valence-corrected chi connectivity index (χ2v) is 14.3. The van der Waals surface area contributed by atoms with Gasteiger partial charge in [0.25, 0.3) is 0 Å². The molecule has 8 nitrogen and oxygen atoms in total. The fraction of sp³-hybridized carbons (Fsp3) is 0.545. The third kappa shape index (κ3) is 4.88. The van der Waals surface area contributed by atoms with E-state index >= 15 is 0 Å². The van der Waals surface area contributed by atoms with E-state index in [-0.39, 0.29) is 30.4 Å². The number of rotatable bonds is 9. The zero-order chi connectivity index (χ0) is 29.5.